The van der Waals surface area contributed by atoms with Crippen molar-refractivity contribution in [2.45, 2.75) is 71.3 Å². The van der Waals surface area contributed by atoms with Crippen LogP contribution >= 0.6 is 0 Å². The van der Waals surface area contributed by atoms with E-state index in [1.807, 2.05) is 0 Å². The minimum absolute atomic E-state index is 0.332. The van der Waals surface area contributed by atoms with Crippen molar-refractivity contribution in [3.05, 3.63) is 35.5 Å². The van der Waals surface area contributed by atoms with E-state index in [4.69, 9.17) is 4.74 Å². The number of ether oxygens (including phenoxy) is 1. The van der Waals surface area contributed by atoms with Gasteiger partial charge in [-0.3, -0.25) is 4.90 Å². The topological polar surface area (TPSA) is 32.7 Å². The van der Waals surface area contributed by atoms with Crippen LogP contribution in [-0.2, 0) is 4.74 Å². The van der Waals surface area contributed by atoms with E-state index >= 15 is 0 Å². The SMILES string of the molecule is C=C1/C(=C\C=C2/CCCC3(C)C2CCC3[C@H](C)CN2CCOCC2)CCC[C@@H]1O. The first-order chi connectivity index (χ1) is 14.0. The van der Waals surface area contributed by atoms with Crippen LogP contribution in [0, 0.1) is 23.2 Å². The van der Waals surface area contributed by atoms with Gasteiger partial charge in [0.25, 0.3) is 0 Å². The Balaban J connectivity index is 1.46. The molecule has 4 fully saturated rings. The van der Waals surface area contributed by atoms with Gasteiger partial charge in [-0.1, -0.05) is 38.2 Å². The minimum atomic E-state index is -0.332. The zero-order chi connectivity index (χ0) is 20.4. The van der Waals surface area contributed by atoms with Gasteiger partial charge in [-0.05, 0) is 85.7 Å². The van der Waals surface area contributed by atoms with E-state index in [1.165, 1.54) is 44.2 Å². The lowest BCUT2D eigenvalue weighted by Gasteiger charge is -2.45. The molecule has 3 unspecified atom stereocenters. The summed E-state index contributed by atoms with van der Waals surface area (Å²) in [4.78, 5) is 2.62. The smallest absolute Gasteiger partial charge is 0.0787 e. The second kappa shape index (κ2) is 9.08. The Morgan fingerprint density at radius 2 is 1.97 bits per heavy atom. The number of nitrogens with zero attached hydrogens (tertiary/aromatic N) is 1. The molecule has 3 saturated carbocycles. The molecule has 0 aromatic heterocycles. The summed E-state index contributed by atoms with van der Waals surface area (Å²) in [5, 5.41) is 10.1. The van der Waals surface area contributed by atoms with Gasteiger partial charge in [-0.25, -0.2) is 0 Å². The van der Waals surface area contributed by atoms with Gasteiger partial charge in [0, 0.05) is 19.6 Å². The number of aliphatic hydroxyl groups is 1. The van der Waals surface area contributed by atoms with Gasteiger partial charge in [-0.2, -0.15) is 0 Å². The van der Waals surface area contributed by atoms with Crippen molar-refractivity contribution in [2.24, 2.45) is 23.2 Å². The Kier molecular flexibility index (Phi) is 6.68. The summed E-state index contributed by atoms with van der Waals surface area (Å²) in [6.45, 7) is 14.5. The molecule has 1 N–H and O–H groups in total. The Labute approximate surface area is 177 Å². The van der Waals surface area contributed by atoms with Crippen molar-refractivity contribution in [1.82, 2.24) is 4.90 Å². The number of allylic oxidation sites excluding steroid dienone is 3. The zero-order valence-electron chi connectivity index (χ0n) is 18.7. The molecule has 1 aliphatic heterocycles. The third-order valence-electron chi connectivity index (χ3n) is 8.61. The summed E-state index contributed by atoms with van der Waals surface area (Å²) in [6.07, 6.45) is 14.1. The number of rotatable bonds is 4. The van der Waals surface area contributed by atoms with Crippen LogP contribution < -0.4 is 0 Å². The monoisotopic (exact) mass is 399 g/mol. The maximum atomic E-state index is 10.1. The molecule has 3 heteroatoms. The van der Waals surface area contributed by atoms with Crippen LogP contribution in [0.5, 0.6) is 0 Å². The third kappa shape index (κ3) is 4.43. The van der Waals surface area contributed by atoms with Crippen LogP contribution in [0.2, 0.25) is 0 Å². The molecule has 1 heterocycles. The van der Waals surface area contributed by atoms with Gasteiger partial charge in [0.15, 0.2) is 0 Å². The molecular formula is C26H41NO2. The molecule has 3 aliphatic carbocycles. The molecule has 0 amide bonds. The Hall–Kier alpha value is -0.900. The number of hydrogen-bond acceptors (Lipinski definition) is 3. The first-order valence-corrected chi connectivity index (χ1v) is 12.1. The average molecular weight is 400 g/mol. The normalized spacial score (nSPS) is 40.4. The molecule has 0 spiro atoms. The van der Waals surface area contributed by atoms with Gasteiger partial charge in [0.1, 0.15) is 0 Å². The maximum absolute atomic E-state index is 10.1. The Morgan fingerprint density at radius 1 is 1.17 bits per heavy atom. The van der Waals surface area contributed by atoms with Gasteiger partial charge < -0.3 is 9.84 Å². The largest absolute Gasteiger partial charge is 0.388 e. The number of hydrogen-bond donors (Lipinski definition) is 1. The molecule has 0 aromatic rings. The first kappa shape index (κ1) is 21.3. The fraction of sp³-hybridized carbons (Fsp3) is 0.769. The standard InChI is InChI=1S/C26H41NO2/c1-19(18-27-14-16-29-17-15-27)23-11-12-24-22(7-5-13-26(23,24)3)10-9-21-6-4-8-25(28)20(21)2/h9-10,19,23-25,28H,2,4-8,11-18H2,1,3H3/b21-9-,22-10+/t19-,23?,24?,25+,26?/m1/s1. The molecule has 4 aliphatic rings. The summed E-state index contributed by atoms with van der Waals surface area (Å²) < 4.78 is 5.54. The van der Waals surface area contributed by atoms with E-state index in [-0.39, 0.29) is 6.10 Å². The van der Waals surface area contributed by atoms with Crippen molar-refractivity contribution in [2.75, 3.05) is 32.8 Å². The van der Waals surface area contributed by atoms with Crippen molar-refractivity contribution < 1.29 is 9.84 Å². The lowest BCUT2D eigenvalue weighted by Crippen LogP contribution is -2.43. The van der Waals surface area contributed by atoms with Crippen LogP contribution in [-0.4, -0.2) is 49.0 Å². The van der Waals surface area contributed by atoms with Crippen molar-refractivity contribution >= 4 is 0 Å². The quantitative estimate of drug-likeness (QED) is 0.712. The fourth-order valence-corrected chi connectivity index (χ4v) is 6.97. The van der Waals surface area contributed by atoms with E-state index in [1.54, 1.807) is 5.57 Å². The molecule has 1 saturated heterocycles. The zero-order valence-corrected chi connectivity index (χ0v) is 18.7. The molecule has 0 radical (unpaired) electrons. The fourth-order valence-electron chi connectivity index (χ4n) is 6.97. The van der Waals surface area contributed by atoms with E-state index in [9.17, 15) is 5.11 Å². The first-order valence-electron chi connectivity index (χ1n) is 12.1. The second-order valence-corrected chi connectivity index (χ2v) is 10.4. The summed E-state index contributed by atoms with van der Waals surface area (Å²) in [6, 6.07) is 0. The van der Waals surface area contributed by atoms with Gasteiger partial charge in [-0.15, -0.1) is 0 Å². The van der Waals surface area contributed by atoms with E-state index in [0.717, 1.165) is 68.9 Å². The lowest BCUT2D eigenvalue weighted by molar-refractivity contribution is 0.0155. The van der Waals surface area contributed by atoms with Crippen LogP contribution in [0.15, 0.2) is 35.5 Å². The minimum Gasteiger partial charge on any atom is -0.388 e. The molecule has 162 valence electrons. The molecule has 4 rings (SSSR count). The van der Waals surface area contributed by atoms with E-state index in [0.29, 0.717) is 5.41 Å². The molecule has 5 atom stereocenters. The number of fused-ring (bicyclic) bond motifs is 1. The van der Waals surface area contributed by atoms with Crippen LogP contribution in [0.25, 0.3) is 0 Å². The molecule has 0 aromatic carbocycles. The van der Waals surface area contributed by atoms with Gasteiger partial charge in [0.05, 0.1) is 19.3 Å². The van der Waals surface area contributed by atoms with Crippen molar-refractivity contribution in [3.8, 4) is 0 Å². The number of morpholine rings is 1. The maximum Gasteiger partial charge on any atom is 0.0787 e. The summed E-state index contributed by atoms with van der Waals surface area (Å²) in [7, 11) is 0. The summed E-state index contributed by atoms with van der Waals surface area (Å²) in [5.41, 5.74) is 4.35. The Bertz CT molecular complexity index is 660. The van der Waals surface area contributed by atoms with Crippen LogP contribution in [0.4, 0.5) is 0 Å². The third-order valence-corrected chi connectivity index (χ3v) is 8.61. The highest BCUT2D eigenvalue weighted by atomic mass is 16.5. The van der Waals surface area contributed by atoms with Gasteiger partial charge in [0.2, 0.25) is 0 Å². The van der Waals surface area contributed by atoms with Crippen molar-refractivity contribution in [1.29, 1.82) is 0 Å². The highest BCUT2D eigenvalue weighted by Gasteiger charge is 2.50. The molecule has 3 nitrogen and oxygen atoms in total. The average Bonchev–Trinajstić information content (AvgIpc) is 3.07. The Morgan fingerprint density at radius 3 is 2.76 bits per heavy atom. The predicted octanol–water partition coefficient (Wildman–Crippen LogP) is 5.12. The lowest BCUT2D eigenvalue weighted by atomic mass is 9.61. The van der Waals surface area contributed by atoms with E-state index in [2.05, 4.69) is 37.5 Å². The number of aliphatic hydroxyl groups excluding tert-OH is 1. The second-order valence-electron chi connectivity index (χ2n) is 10.4. The highest BCUT2D eigenvalue weighted by molar-refractivity contribution is 5.37. The van der Waals surface area contributed by atoms with Crippen LogP contribution in [0.1, 0.15) is 65.2 Å². The highest BCUT2D eigenvalue weighted by Crippen LogP contribution is 2.59. The van der Waals surface area contributed by atoms with E-state index < -0.39 is 0 Å². The summed E-state index contributed by atoms with van der Waals surface area (Å²) >= 11 is 0. The predicted molar refractivity (Wildman–Crippen MR) is 120 cm³/mol. The molecule has 0 bridgehead atoms. The van der Waals surface area contributed by atoms with Gasteiger partial charge >= 0.3 is 0 Å². The summed E-state index contributed by atoms with van der Waals surface area (Å²) in [5.74, 6) is 2.33. The molecular weight excluding hydrogens is 358 g/mol. The van der Waals surface area contributed by atoms with Crippen LogP contribution in [0.3, 0.4) is 0 Å². The van der Waals surface area contributed by atoms with Crippen molar-refractivity contribution in [3.63, 3.8) is 0 Å². The molecule has 29 heavy (non-hydrogen) atoms.